The minimum Gasteiger partial charge on any atom is -0.351 e. The number of rotatable bonds is 0. The number of para-hydroxylation sites is 2. The van der Waals surface area contributed by atoms with E-state index in [0.29, 0.717) is 0 Å². The van der Waals surface area contributed by atoms with E-state index in [1.165, 1.54) is 0 Å². The van der Waals surface area contributed by atoms with E-state index in [4.69, 9.17) is 5.73 Å². The SMILES string of the molecule is NC(=O)N1c2ccccc2Sc2ccccc21. The van der Waals surface area contributed by atoms with Gasteiger partial charge in [-0.2, -0.15) is 0 Å². The van der Waals surface area contributed by atoms with Crippen molar-refractivity contribution in [3.8, 4) is 0 Å². The van der Waals surface area contributed by atoms with Gasteiger partial charge in [0.2, 0.25) is 0 Å². The zero-order valence-corrected chi connectivity index (χ0v) is 9.78. The smallest absolute Gasteiger partial charge is 0.323 e. The summed E-state index contributed by atoms with van der Waals surface area (Å²) in [6.45, 7) is 0. The standard InChI is InChI=1S/C13H10N2OS/c14-13(16)15-9-5-1-3-7-11(9)17-12-8-4-2-6-10(12)15/h1-8H,(H2,14,16). The Kier molecular flexibility index (Phi) is 2.30. The maximum Gasteiger partial charge on any atom is 0.323 e. The minimum absolute atomic E-state index is 0.454. The molecule has 3 nitrogen and oxygen atoms in total. The van der Waals surface area contributed by atoms with Gasteiger partial charge in [-0.15, -0.1) is 0 Å². The number of carbonyl (C=O) groups is 1. The molecule has 0 fully saturated rings. The summed E-state index contributed by atoms with van der Waals surface area (Å²) in [5.74, 6) is 0. The van der Waals surface area contributed by atoms with E-state index < -0.39 is 6.03 Å². The Morgan fingerprint density at radius 1 is 0.941 bits per heavy atom. The van der Waals surface area contributed by atoms with E-state index in [0.717, 1.165) is 21.2 Å². The molecule has 4 heteroatoms. The Hall–Kier alpha value is -1.94. The maximum absolute atomic E-state index is 11.6. The van der Waals surface area contributed by atoms with Crippen LogP contribution in [0.15, 0.2) is 58.3 Å². The predicted molar refractivity (Wildman–Crippen MR) is 68.7 cm³/mol. The molecule has 0 saturated carbocycles. The van der Waals surface area contributed by atoms with Crippen molar-refractivity contribution >= 4 is 29.2 Å². The third-order valence-corrected chi connectivity index (χ3v) is 3.78. The number of benzene rings is 2. The van der Waals surface area contributed by atoms with Crippen LogP contribution in [-0.2, 0) is 0 Å². The first kappa shape index (κ1) is 10.2. The van der Waals surface area contributed by atoms with Crippen LogP contribution in [0.5, 0.6) is 0 Å². The molecule has 2 amide bonds. The summed E-state index contributed by atoms with van der Waals surface area (Å²) in [5, 5.41) is 0. The van der Waals surface area contributed by atoms with Gasteiger partial charge in [-0.25, -0.2) is 4.79 Å². The van der Waals surface area contributed by atoms with E-state index >= 15 is 0 Å². The molecule has 0 aliphatic carbocycles. The van der Waals surface area contributed by atoms with Crippen LogP contribution < -0.4 is 10.6 Å². The second-order valence-corrected chi connectivity index (χ2v) is 4.79. The van der Waals surface area contributed by atoms with Gasteiger partial charge in [-0.3, -0.25) is 4.90 Å². The van der Waals surface area contributed by atoms with E-state index in [1.54, 1.807) is 16.7 Å². The van der Waals surface area contributed by atoms with Crippen LogP contribution in [0.1, 0.15) is 0 Å². The molecule has 0 spiro atoms. The molecule has 0 unspecified atom stereocenters. The number of hydrogen-bond donors (Lipinski definition) is 1. The van der Waals surface area contributed by atoms with Crippen molar-refractivity contribution in [2.24, 2.45) is 5.73 Å². The van der Waals surface area contributed by atoms with Gasteiger partial charge in [0.1, 0.15) is 0 Å². The quantitative estimate of drug-likeness (QED) is 0.769. The summed E-state index contributed by atoms with van der Waals surface area (Å²) < 4.78 is 0. The average Bonchev–Trinajstić information content (AvgIpc) is 2.35. The molecule has 2 N–H and O–H groups in total. The summed E-state index contributed by atoms with van der Waals surface area (Å²) in [7, 11) is 0. The molecule has 1 aliphatic heterocycles. The second-order valence-electron chi connectivity index (χ2n) is 3.71. The van der Waals surface area contributed by atoms with E-state index in [9.17, 15) is 4.79 Å². The monoisotopic (exact) mass is 242 g/mol. The Bertz CT molecular complexity index is 552. The molecule has 0 atom stereocenters. The van der Waals surface area contributed by atoms with Crippen molar-refractivity contribution in [2.45, 2.75) is 9.79 Å². The van der Waals surface area contributed by atoms with Gasteiger partial charge in [-0.05, 0) is 24.3 Å². The van der Waals surface area contributed by atoms with Crippen LogP contribution in [-0.4, -0.2) is 6.03 Å². The highest BCUT2D eigenvalue weighted by molar-refractivity contribution is 7.99. The maximum atomic E-state index is 11.6. The van der Waals surface area contributed by atoms with E-state index in [2.05, 4.69) is 0 Å². The highest BCUT2D eigenvalue weighted by Crippen LogP contribution is 2.47. The number of anilines is 2. The van der Waals surface area contributed by atoms with Crippen molar-refractivity contribution < 1.29 is 4.79 Å². The Balaban J connectivity index is 2.24. The molecule has 0 aromatic heterocycles. The third kappa shape index (κ3) is 1.57. The topological polar surface area (TPSA) is 46.3 Å². The number of hydrogen-bond acceptors (Lipinski definition) is 2. The number of fused-ring (bicyclic) bond motifs is 2. The summed E-state index contributed by atoms with van der Waals surface area (Å²) in [5.41, 5.74) is 7.18. The van der Waals surface area contributed by atoms with Gasteiger partial charge in [0.15, 0.2) is 0 Å². The van der Waals surface area contributed by atoms with Crippen LogP contribution >= 0.6 is 11.8 Å². The molecule has 2 aromatic rings. The van der Waals surface area contributed by atoms with Crippen LogP contribution in [0.3, 0.4) is 0 Å². The zero-order valence-electron chi connectivity index (χ0n) is 8.96. The Morgan fingerprint density at radius 2 is 1.41 bits per heavy atom. The van der Waals surface area contributed by atoms with Gasteiger partial charge >= 0.3 is 6.03 Å². The summed E-state index contributed by atoms with van der Waals surface area (Å²) in [6.07, 6.45) is 0. The van der Waals surface area contributed by atoms with E-state index in [-0.39, 0.29) is 0 Å². The van der Waals surface area contributed by atoms with Gasteiger partial charge in [0, 0.05) is 9.79 Å². The van der Waals surface area contributed by atoms with Crippen molar-refractivity contribution in [1.29, 1.82) is 0 Å². The van der Waals surface area contributed by atoms with Gasteiger partial charge in [-0.1, -0.05) is 36.0 Å². The van der Waals surface area contributed by atoms with Gasteiger partial charge in [0.25, 0.3) is 0 Å². The number of nitrogens with two attached hydrogens (primary N) is 1. The molecule has 17 heavy (non-hydrogen) atoms. The fourth-order valence-electron chi connectivity index (χ4n) is 1.94. The van der Waals surface area contributed by atoms with Crippen molar-refractivity contribution in [1.82, 2.24) is 0 Å². The molecule has 84 valence electrons. The lowest BCUT2D eigenvalue weighted by Gasteiger charge is -2.29. The first-order valence-corrected chi connectivity index (χ1v) is 6.04. The lowest BCUT2D eigenvalue weighted by atomic mass is 10.2. The van der Waals surface area contributed by atoms with Crippen LogP contribution in [0, 0.1) is 0 Å². The first-order chi connectivity index (χ1) is 8.27. The molecular formula is C13H10N2OS. The summed E-state index contributed by atoms with van der Waals surface area (Å²) in [6, 6.07) is 15.1. The number of carbonyl (C=O) groups excluding carboxylic acids is 1. The first-order valence-electron chi connectivity index (χ1n) is 5.23. The number of primary amides is 1. The van der Waals surface area contributed by atoms with Crippen molar-refractivity contribution in [3.05, 3.63) is 48.5 Å². The third-order valence-electron chi connectivity index (χ3n) is 2.65. The van der Waals surface area contributed by atoms with Crippen molar-refractivity contribution in [3.63, 3.8) is 0 Å². The van der Waals surface area contributed by atoms with Gasteiger partial charge in [0.05, 0.1) is 11.4 Å². The number of urea groups is 1. The molecule has 2 aromatic carbocycles. The number of nitrogens with zero attached hydrogens (tertiary/aromatic N) is 1. The van der Waals surface area contributed by atoms with Gasteiger partial charge < -0.3 is 5.73 Å². The molecule has 1 heterocycles. The fourth-order valence-corrected chi connectivity index (χ4v) is 3.00. The number of amides is 2. The van der Waals surface area contributed by atoms with Crippen molar-refractivity contribution in [2.75, 3.05) is 4.90 Å². The zero-order chi connectivity index (χ0) is 11.8. The molecular weight excluding hydrogens is 232 g/mol. The Labute approximate surface area is 103 Å². The van der Waals surface area contributed by atoms with E-state index in [1.807, 2.05) is 48.5 Å². The fraction of sp³-hybridized carbons (Fsp3) is 0. The molecule has 0 bridgehead atoms. The minimum atomic E-state index is -0.454. The highest BCUT2D eigenvalue weighted by atomic mass is 32.2. The normalized spacial score (nSPS) is 12.8. The molecule has 1 aliphatic rings. The Morgan fingerprint density at radius 3 is 1.88 bits per heavy atom. The summed E-state index contributed by atoms with van der Waals surface area (Å²) >= 11 is 1.65. The highest BCUT2D eigenvalue weighted by Gasteiger charge is 2.25. The van der Waals surface area contributed by atoms with Crippen LogP contribution in [0.4, 0.5) is 16.2 Å². The van der Waals surface area contributed by atoms with Crippen LogP contribution in [0.2, 0.25) is 0 Å². The molecule has 0 saturated heterocycles. The largest absolute Gasteiger partial charge is 0.351 e. The molecule has 3 rings (SSSR count). The summed E-state index contributed by atoms with van der Waals surface area (Å²) in [4.78, 5) is 15.3. The second kappa shape index (κ2) is 3.82. The molecule has 0 radical (unpaired) electrons. The lowest BCUT2D eigenvalue weighted by Crippen LogP contribution is -2.33. The average molecular weight is 242 g/mol. The predicted octanol–water partition coefficient (Wildman–Crippen LogP) is 3.37. The van der Waals surface area contributed by atoms with Crippen LogP contribution in [0.25, 0.3) is 0 Å². The lowest BCUT2D eigenvalue weighted by molar-refractivity contribution is 0.256.